The third-order valence-corrected chi connectivity index (χ3v) is 4.75. The number of amides is 1. The minimum Gasteiger partial charge on any atom is -0.474 e. The van der Waals surface area contributed by atoms with Gasteiger partial charge in [0.2, 0.25) is 11.7 Å². The molecule has 0 atom stereocenters. The van der Waals surface area contributed by atoms with Gasteiger partial charge >= 0.3 is 12.1 Å². The van der Waals surface area contributed by atoms with Gasteiger partial charge in [-0.05, 0) is 47.5 Å². The Hall–Kier alpha value is -2.84. The average Bonchev–Trinajstić information content (AvgIpc) is 3.08. The number of likely N-dealkylation sites (tertiary alicyclic amines) is 1. The van der Waals surface area contributed by atoms with E-state index >= 15 is 0 Å². The van der Waals surface area contributed by atoms with E-state index in [2.05, 4.69) is 9.97 Å². The second-order valence-corrected chi connectivity index (χ2v) is 8.73. The van der Waals surface area contributed by atoms with E-state index in [1.165, 1.54) is 7.11 Å². The summed E-state index contributed by atoms with van der Waals surface area (Å²) in [6.07, 6.45) is 4.65. The van der Waals surface area contributed by atoms with Gasteiger partial charge in [-0.1, -0.05) is 0 Å². The highest BCUT2D eigenvalue weighted by molar-refractivity contribution is 5.91. The molecule has 0 unspecified atom stereocenters. The number of rotatable bonds is 4. The van der Waals surface area contributed by atoms with Crippen LogP contribution >= 0.6 is 0 Å². The lowest BCUT2D eigenvalue weighted by atomic mass is 9.94. The number of ether oxygens (including phenoxy) is 3. The van der Waals surface area contributed by atoms with Crippen LogP contribution in [0.4, 0.5) is 4.79 Å². The Morgan fingerprint density at radius 3 is 2.37 bits per heavy atom. The molecule has 1 saturated heterocycles. The molecule has 164 valence electrons. The van der Waals surface area contributed by atoms with Gasteiger partial charge < -0.3 is 19.1 Å². The quantitative estimate of drug-likeness (QED) is 0.702. The Morgan fingerprint density at radius 2 is 1.80 bits per heavy atom. The summed E-state index contributed by atoms with van der Waals surface area (Å²) in [5.41, 5.74) is 0.625. The molecule has 0 radical (unpaired) electrons. The number of hydrogen-bond acceptors (Lipinski definition) is 7. The monoisotopic (exact) mass is 418 g/mol. The molecule has 0 bridgehead atoms. The van der Waals surface area contributed by atoms with E-state index in [4.69, 9.17) is 14.2 Å². The summed E-state index contributed by atoms with van der Waals surface area (Å²) in [6.45, 7) is 10.5. The molecule has 1 fully saturated rings. The van der Waals surface area contributed by atoms with Gasteiger partial charge in [0, 0.05) is 31.4 Å². The summed E-state index contributed by atoms with van der Waals surface area (Å²) in [6, 6.07) is 0. The molecule has 1 aliphatic rings. The average molecular weight is 418 g/mol. The van der Waals surface area contributed by atoms with Gasteiger partial charge in [0.15, 0.2) is 0 Å². The second-order valence-electron chi connectivity index (χ2n) is 8.73. The van der Waals surface area contributed by atoms with E-state index in [0.717, 1.165) is 18.5 Å². The van der Waals surface area contributed by atoms with Crippen molar-refractivity contribution >= 4 is 17.8 Å². The third kappa shape index (κ3) is 5.01. The van der Waals surface area contributed by atoms with Gasteiger partial charge in [-0.25, -0.2) is 14.6 Å². The van der Waals surface area contributed by atoms with Crippen LogP contribution < -0.4 is 4.74 Å². The maximum absolute atomic E-state index is 12.3. The number of carbonyl (C=O) groups is 2. The summed E-state index contributed by atoms with van der Waals surface area (Å²) in [5.74, 6) is 0.353. The number of aromatic nitrogens is 3. The van der Waals surface area contributed by atoms with Crippen molar-refractivity contribution in [2.24, 2.45) is 0 Å². The van der Waals surface area contributed by atoms with Crippen LogP contribution in [-0.2, 0) is 9.47 Å². The molecule has 1 aliphatic heterocycles. The SMILES string of the molecule is COC(=O)c1cn2cc(C3CCN(C(=O)OC(C)(C)C)CC3)nc2nc1OC(C)C. The molecule has 3 rings (SSSR count). The van der Waals surface area contributed by atoms with Crippen LogP contribution in [0.3, 0.4) is 0 Å². The molecule has 0 aromatic carbocycles. The first-order chi connectivity index (χ1) is 14.1. The van der Waals surface area contributed by atoms with Crippen LogP contribution in [0, 0.1) is 0 Å². The lowest BCUT2D eigenvalue weighted by Gasteiger charge is -2.32. The largest absolute Gasteiger partial charge is 0.474 e. The Balaban J connectivity index is 1.78. The van der Waals surface area contributed by atoms with E-state index in [1.807, 2.05) is 40.8 Å². The van der Waals surface area contributed by atoms with Crippen LogP contribution in [0.25, 0.3) is 5.78 Å². The van der Waals surface area contributed by atoms with Gasteiger partial charge in [0.05, 0.1) is 18.9 Å². The molecular formula is C21H30N4O5. The van der Waals surface area contributed by atoms with Gasteiger partial charge in [-0.3, -0.25) is 4.40 Å². The van der Waals surface area contributed by atoms with Crippen LogP contribution in [0.2, 0.25) is 0 Å². The summed E-state index contributed by atoms with van der Waals surface area (Å²) in [4.78, 5) is 35.2. The topological polar surface area (TPSA) is 95.3 Å². The lowest BCUT2D eigenvalue weighted by molar-refractivity contribution is 0.0204. The molecule has 0 aliphatic carbocycles. The van der Waals surface area contributed by atoms with Crippen molar-refractivity contribution in [3.05, 3.63) is 23.7 Å². The van der Waals surface area contributed by atoms with Crippen molar-refractivity contribution < 1.29 is 23.8 Å². The molecule has 0 saturated carbocycles. The number of piperidine rings is 1. The molecule has 2 aromatic rings. The van der Waals surface area contributed by atoms with Crippen molar-refractivity contribution in [1.82, 2.24) is 19.3 Å². The van der Waals surface area contributed by atoms with E-state index in [9.17, 15) is 9.59 Å². The smallest absolute Gasteiger partial charge is 0.410 e. The first-order valence-electron chi connectivity index (χ1n) is 10.2. The van der Waals surface area contributed by atoms with Crippen molar-refractivity contribution in [2.75, 3.05) is 20.2 Å². The summed E-state index contributed by atoms with van der Waals surface area (Å²) < 4.78 is 17.7. The predicted molar refractivity (Wildman–Crippen MR) is 110 cm³/mol. The maximum atomic E-state index is 12.3. The van der Waals surface area contributed by atoms with Gasteiger partial charge in [-0.15, -0.1) is 0 Å². The number of carbonyl (C=O) groups excluding carboxylic acids is 2. The second kappa shape index (κ2) is 8.49. The maximum Gasteiger partial charge on any atom is 0.410 e. The van der Waals surface area contributed by atoms with Crippen LogP contribution in [0.1, 0.15) is 69.4 Å². The normalized spacial score (nSPS) is 15.5. The number of methoxy groups -OCH3 is 1. The Bertz CT molecular complexity index is 923. The van der Waals surface area contributed by atoms with Gasteiger partial charge in [0.1, 0.15) is 11.2 Å². The number of nitrogens with zero attached hydrogens (tertiary/aromatic N) is 4. The fourth-order valence-electron chi connectivity index (χ4n) is 3.37. The fraction of sp³-hybridized carbons (Fsp3) is 0.619. The van der Waals surface area contributed by atoms with Gasteiger partial charge in [0.25, 0.3) is 0 Å². The highest BCUT2D eigenvalue weighted by atomic mass is 16.6. The Labute approximate surface area is 176 Å². The number of fused-ring (bicyclic) bond motifs is 1. The molecule has 9 nitrogen and oxygen atoms in total. The van der Waals surface area contributed by atoms with E-state index in [-0.39, 0.29) is 29.6 Å². The van der Waals surface area contributed by atoms with E-state index < -0.39 is 11.6 Å². The van der Waals surface area contributed by atoms with Gasteiger partial charge in [-0.2, -0.15) is 4.98 Å². The number of imidazole rings is 1. The van der Waals surface area contributed by atoms with Crippen LogP contribution in [-0.4, -0.2) is 63.2 Å². The molecule has 0 N–H and O–H groups in total. The lowest BCUT2D eigenvalue weighted by Crippen LogP contribution is -2.41. The molecule has 3 heterocycles. The van der Waals surface area contributed by atoms with E-state index in [0.29, 0.717) is 18.9 Å². The van der Waals surface area contributed by atoms with Crippen LogP contribution in [0.15, 0.2) is 12.4 Å². The van der Waals surface area contributed by atoms with Crippen molar-refractivity contribution in [3.63, 3.8) is 0 Å². The molecule has 1 amide bonds. The summed E-state index contributed by atoms with van der Waals surface area (Å²) in [7, 11) is 1.32. The highest BCUT2D eigenvalue weighted by Crippen LogP contribution is 2.29. The van der Waals surface area contributed by atoms with Crippen molar-refractivity contribution in [1.29, 1.82) is 0 Å². The Kier molecular flexibility index (Phi) is 6.19. The molecule has 30 heavy (non-hydrogen) atoms. The number of esters is 1. The zero-order valence-corrected chi connectivity index (χ0v) is 18.5. The predicted octanol–water partition coefficient (Wildman–Crippen LogP) is 3.42. The van der Waals surface area contributed by atoms with E-state index in [1.54, 1.807) is 15.5 Å². The third-order valence-electron chi connectivity index (χ3n) is 4.75. The summed E-state index contributed by atoms with van der Waals surface area (Å²) in [5, 5.41) is 0. The molecule has 9 heteroatoms. The standard InChI is InChI=1S/C21H30N4O5/c1-13(2)29-17-15(18(26)28-6)11-25-12-16(22-19(25)23-17)14-7-9-24(10-8-14)20(27)30-21(3,4)5/h11-14H,7-10H2,1-6H3. The molecule has 2 aromatic heterocycles. The molecular weight excluding hydrogens is 388 g/mol. The number of hydrogen-bond donors (Lipinski definition) is 0. The fourth-order valence-corrected chi connectivity index (χ4v) is 3.37. The zero-order chi connectivity index (χ0) is 22.1. The first-order valence-corrected chi connectivity index (χ1v) is 10.2. The highest BCUT2D eigenvalue weighted by Gasteiger charge is 2.29. The van der Waals surface area contributed by atoms with Crippen LogP contribution in [0.5, 0.6) is 5.88 Å². The first kappa shape index (κ1) is 21.9. The van der Waals surface area contributed by atoms with Crippen molar-refractivity contribution in [3.8, 4) is 5.88 Å². The van der Waals surface area contributed by atoms with Crippen molar-refractivity contribution in [2.45, 2.75) is 65.1 Å². The summed E-state index contributed by atoms with van der Waals surface area (Å²) >= 11 is 0. The minimum absolute atomic E-state index is 0.144. The Morgan fingerprint density at radius 1 is 1.13 bits per heavy atom. The minimum atomic E-state index is -0.513. The zero-order valence-electron chi connectivity index (χ0n) is 18.5. The molecule has 0 spiro atoms.